The van der Waals surface area contributed by atoms with Crippen LogP contribution < -0.4 is 10.6 Å². The Bertz CT molecular complexity index is 539. The molecule has 4 fully saturated rings. The fourth-order valence-corrected chi connectivity index (χ4v) is 4.23. The third-order valence-electron chi connectivity index (χ3n) is 5.71. The molecule has 9 heteroatoms. The molecule has 2 unspecified atom stereocenters. The highest BCUT2D eigenvalue weighted by atomic mass is 35.5. The monoisotopic (exact) mass is 394 g/mol. The molecule has 4 aliphatic heterocycles. The van der Waals surface area contributed by atoms with Gasteiger partial charge in [-0.05, 0) is 38.4 Å². The molecule has 4 aliphatic rings. The average Bonchev–Trinajstić information content (AvgIpc) is 3.24. The van der Waals surface area contributed by atoms with Gasteiger partial charge in [-0.2, -0.15) is 0 Å². The second-order valence-corrected chi connectivity index (χ2v) is 7.58. The zero-order valence-electron chi connectivity index (χ0n) is 14.8. The Morgan fingerprint density at radius 1 is 1.00 bits per heavy atom. The van der Waals surface area contributed by atoms with E-state index >= 15 is 0 Å². The highest BCUT2D eigenvalue weighted by Gasteiger charge is 2.54. The lowest BCUT2D eigenvalue weighted by Gasteiger charge is -2.20. The van der Waals surface area contributed by atoms with Gasteiger partial charge in [0.05, 0.1) is 5.41 Å². The SMILES string of the molecule is CN1C(=O)CC2(CNC(=O)C2)C1=O.CN1CCC2(CCNC2)C1.Cl.Cl. The molecule has 25 heavy (non-hydrogen) atoms. The predicted octanol–water partition coefficient (Wildman–Crippen LogP) is 0.0266. The molecular formula is C16H28Cl2N4O3. The van der Waals surface area contributed by atoms with Gasteiger partial charge in [0.15, 0.2) is 0 Å². The van der Waals surface area contributed by atoms with Crippen molar-refractivity contribution in [2.75, 3.05) is 46.8 Å². The van der Waals surface area contributed by atoms with E-state index in [0.717, 1.165) is 4.90 Å². The molecule has 0 aromatic carbocycles. The molecule has 2 spiro atoms. The smallest absolute Gasteiger partial charge is 0.237 e. The first-order valence-electron chi connectivity index (χ1n) is 8.33. The number of halogens is 2. The van der Waals surface area contributed by atoms with E-state index in [-0.39, 0.29) is 55.4 Å². The Labute approximate surface area is 161 Å². The van der Waals surface area contributed by atoms with Gasteiger partial charge in [0.2, 0.25) is 17.7 Å². The van der Waals surface area contributed by atoms with Crippen LogP contribution in [0.1, 0.15) is 25.7 Å². The Morgan fingerprint density at radius 3 is 2.12 bits per heavy atom. The lowest BCUT2D eigenvalue weighted by Crippen LogP contribution is -2.34. The molecule has 0 aromatic heterocycles. The molecule has 0 saturated carbocycles. The topological polar surface area (TPSA) is 81.8 Å². The van der Waals surface area contributed by atoms with E-state index in [1.165, 1.54) is 46.1 Å². The van der Waals surface area contributed by atoms with Gasteiger partial charge in [0.25, 0.3) is 0 Å². The molecular weight excluding hydrogens is 367 g/mol. The molecule has 0 aliphatic carbocycles. The quantitative estimate of drug-likeness (QED) is 0.566. The maximum atomic E-state index is 11.6. The number of rotatable bonds is 0. The number of hydrogen-bond acceptors (Lipinski definition) is 5. The summed E-state index contributed by atoms with van der Waals surface area (Å²) in [5.74, 6) is -0.561. The standard InChI is InChI=1S/C8H10N2O3.C8H16N2.2ClH/c1-10-6(12)3-8(7(10)13)2-5(11)9-4-8;1-10-5-3-8(7-10)2-4-9-6-8;;/h2-4H2,1H3,(H,9,11);9H,2-7H2,1H3;2*1H. The van der Waals surface area contributed by atoms with Gasteiger partial charge in [-0.1, -0.05) is 0 Å². The van der Waals surface area contributed by atoms with Gasteiger partial charge in [-0.3, -0.25) is 19.3 Å². The highest BCUT2D eigenvalue weighted by Crippen LogP contribution is 2.37. The molecule has 0 aromatic rings. The average molecular weight is 395 g/mol. The Balaban J connectivity index is 0.000000237. The van der Waals surface area contributed by atoms with Crippen LogP contribution in [0.15, 0.2) is 0 Å². The van der Waals surface area contributed by atoms with Crippen LogP contribution in [0.5, 0.6) is 0 Å². The van der Waals surface area contributed by atoms with Crippen molar-refractivity contribution in [3.05, 3.63) is 0 Å². The van der Waals surface area contributed by atoms with Crippen molar-refractivity contribution in [2.24, 2.45) is 10.8 Å². The molecule has 4 rings (SSSR count). The molecule has 7 nitrogen and oxygen atoms in total. The maximum Gasteiger partial charge on any atom is 0.237 e. The Kier molecular flexibility index (Phi) is 7.27. The number of imide groups is 1. The fraction of sp³-hybridized carbons (Fsp3) is 0.812. The van der Waals surface area contributed by atoms with Crippen molar-refractivity contribution in [3.63, 3.8) is 0 Å². The van der Waals surface area contributed by atoms with Crippen LogP contribution in [0.2, 0.25) is 0 Å². The summed E-state index contributed by atoms with van der Waals surface area (Å²) in [5, 5.41) is 6.03. The van der Waals surface area contributed by atoms with E-state index < -0.39 is 5.41 Å². The molecule has 0 bridgehead atoms. The van der Waals surface area contributed by atoms with Gasteiger partial charge in [0, 0.05) is 39.5 Å². The molecule has 4 heterocycles. The normalized spacial score (nSPS) is 34.0. The zero-order valence-corrected chi connectivity index (χ0v) is 16.4. The summed E-state index contributed by atoms with van der Waals surface area (Å²) in [4.78, 5) is 37.3. The number of nitrogens with one attached hydrogen (secondary N) is 2. The summed E-state index contributed by atoms with van der Waals surface area (Å²) in [5.41, 5.74) is -0.0856. The van der Waals surface area contributed by atoms with E-state index in [1.54, 1.807) is 0 Å². The minimum atomic E-state index is -0.761. The van der Waals surface area contributed by atoms with E-state index in [0.29, 0.717) is 12.0 Å². The van der Waals surface area contributed by atoms with Gasteiger partial charge in [-0.25, -0.2) is 0 Å². The third-order valence-corrected chi connectivity index (χ3v) is 5.71. The van der Waals surface area contributed by atoms with Crippen molar-refractivity contribution in [3.8, 4) is 0 Å². The predicted molar refractivity (Wildman–Crippen MR) is 99.0 cm³/mol. The van der Waals surface area contributed by atoms with Crippen LogP contribution >= 0.6 is 24.8 Å². The first-order chi connectivity index (χ1) is 10.9. The second kappa shape index (κ2) is 8.20. The number of likely N-dealkylation sites (tertiary alicyclic amines) is 2. The first-order valence-corrected chi connectivity index (χ1v) is 8.33. The largest absolute Gasteiger partial charge is 0.355 e. The van der Waals surface area contributed by atoms with Gasteiger partial charge in [-0.15, -0.1) is 24.8 Å². The van der Waals surface area contributed by atoms with Gasteiger partial charge in [0.1, 0.15) is 0 Å². The summed E-state index contributed by atoms with van der Waals surface area (Å²) >= 11 is 0. The van der Waals surface area contributed by atoms with Crippen LogP contribution in [0.3, 0.4) is 0 Å². The molecule has 2 N–H and O–H groups in total. The summed E-state index contributed by atoms with van der Waals surface area (Å²) in [6.07, 6.45) is 3.14. The molecule has 3 amide bonds. The Hall–Kier alpha value is -0.890. The van der Waals surface area contributed by atoms with E-state index in [4.69, 9.17) is 0 Å². The van der Waals surface area contributed by atoms with E-state index in [2.05, 4.69) is 22.6 Å². The molecule has 144 valence electrons. The van der Waals surface area contributed by atoms with Crippen LogP contribution in [0.25, 0.3) is 0 Å². The first kappa shape index (κ1) is 22.2. The number of carbonyl (C=O) groups excluding carboxylic acids is 3. The Morgan fingerprint density at radius 2 is 1.72 bits per heavy atom. The summed E-state index contributed by atoms with van der Waals surface area (Å²) in [6, 6.07) is 0. The summed E-state index contributed by atoms with van der Waals surface area (Å²) in [6.45, 7) is 5.44. The minimum absolute atomic E-state index is 0. The lowest BCUT2D eigenvalue weighted by atomic mass is 9.85. The number of amides is 3. The number of hydrogen-bond donors (Lipinski definition) is 2. The van der Waals surface area contributed by atoms with Crippen LogP contribution in [0, 0.1) is 10.8 Å². The van der Waals surface area contributed by atoms with Crippen molar-refractivity contribution in [2.45, 2.75) is 25.7 Å². The van der Waals surface area contributed by atoms with Crippen LogP contribution in [-0.4, -0.2) is 74.3 Å². The van der Waals surface area contributed by atoms with Crippen molar-refractivity contribution in [1.29, 1.82) is 0 Å². The van der Waals surface area contributed by atoms with E-state index in [9.17, 15) is 14.4 Å². The fourth-order valence-electron chi connectivity index (χ4n) is 4.23. The highest BCUT2D eigenvalue weighted by molar-refractivity contribution is 6.08. The lowest BCUT2D eigenvalue weighted by molar-refractivity contribution is -0.140. The van der Waals surface area contributed by atoms with Gasteiger partial charge >= 0.3 is 0 Å². The molecule has 4 saturated heterocycles. The summed E-state index contributed by atoms with van der Waals surface area (Å²) < 4.78 is 0. The van der Waals surface area contributed by atoms with Crippen molar-refractivity contribution < 1.29 is 14.4 Å². The van der Waals surface area contributed by atoms with E-state index in [1.807, 2.05) is 0 Å². The maximum absolute atomic E-state index is 11.6. The van der Waals surface area contributed by atoms with Crippen LogP contribution in [-0.2, 0) is 14.4 Å². The molecule has 2 atom stereocenters. The minimum Gasteiger partial charge on any atom is -0.355 e. The van der Waals surface area contributed by atoms with Crippen LogP contribution in [0.4, 0.5) is 0 Å². The molecule has 0 radical (unpaired) electrons. The van der Waals surface area contributed by atoms with Crippen molar-refractivity contribution in [1.82, 2.24) is 20.4 Å². The number of carbonyl (C=O) groups is 3. The number of nitrogens with zero attached hydrogens (tertiary/aromatic N) is 2. The summed E-state index contributed by atoms with van der Waals surface area (Å²) in [7, 11) is 3.69. The van der Waals surface area contributed by atoms with Crippen molar-refractivity contribution >= 4 is 42.5 Å². The zero-order chi connectivity index (χ0) is 16.7. The van der Waals surface area contributed by atoms with Gasteiger partial charge < -0.3 is 15.5 Å². The second-order valence-electron chi connectivity index (χ2n) is 7.58. The third kappa shape index (κ3) is 4.27.